The summed E-state index contributed by atoms with van der Waals surface area (Å²) in [6.45, 7) is 0. The second-order valence-corrected chi connectivity index (χ2v) is 6.22. The van der Waals surface area contributed by atoms with Gasteiger partial charge in [-0.2, -0.15) is 0 Å². The molecule has 124 valence electrons. The molecule has 0 unspecified atom stereocenters. The fourth-order valence-corrected chi connectivity index (χ4v) is 3.41. The molecule has 0 saturated carbocycles. The van der Waals surface area contributed by atoms with Crippen LogP contribution in [0.1, 0.15) is 9.67 Å². The SMILES string of the molecule is COc1ccccc1NC(=O)c1cc2c(=O)n(C)c(=O)n(C)c2s1. The second-order valence-electron chi connectivity index (χ2n) is 5.19. The van der Waals surface area contributed by atoms with E-state index in [1.54, 1.807) is 31.3 Å². The van der Waals surface area contributed by atoms with E-state index in [9.17, 15) is 14.4 Å². The van der Waals surface area contributed by atoms with Crippen molar-refractivity contribution in [1.29, 1.82) is 0 Å². The molecule has 0 atom stereocenters. The average Bonchev–Trinajstić information content (AvgIpc) is 3.04. The third-order valence-corrected chi connectivity index (χ3v) is 4.92. The number of benzene rings is 1. The fraction of sp³-hybridized carbons (Fsp3) is 0.188. The molecule has 8 heteroatoms. The molecule has 7 nitrogen and oxygen atoms in total. The van der Waals surface area contributed by atoms with Gasteiger partial charge < -0.3 is 10.1 Å². The number of anilines is 1. The number of carbonyl (C=O) groups excluding carboxylic acids is 1. The van der Waals surface area contributed by atoms with E-state index in [0.29, 0.717) is 26.5 Å². The van der Waals surface area contributed by atoms with Gasteiger partial charge in [-0.3, -0.25) is 18.7 Å². The lowest BCUT2D eigenvalue weighted by Gasteiger charge is -2.08. The van der Waals surface area contributed by atoms with Gasteiger partial charge in [-0.25, -0.2) is 4.79 Å². The summed E-state index contributed by atoms with van der Waals surface area (Å²) in [4.78, 5) is 37.5. The lowest BCUT2D eigenvalue weighted by molar-refractivity contribution is 0.103. The molecule has 3 aromatic rings. The molecular formula is C16H15N3O4S. The first-order valence-corrected chi connectivity index (χ1v) is 7.89. The number of rotatable bonds is 3. The minimum Gasteiger partial charge on any atom is -0.495 e. The predicted octanol–water partition coefficient (Wildman–Crippen LogP) is 1.56. The van der Waals surface area contributed by atoms with Gasteiger partial charge >= 0.3 is 5.69 Å². The monoisotopic (exact) mass is 345 g/mol. The van der Waals surface area contributed by atoms with Gasteiger partial charge in [0.25, 0.3) is 11.5 Å². The van der Waals surface area contributed by atoms with Crippen LogP contribution in [0.15, 0.2) is 39.9 Å². The van der Waals surface area contributed by atoms with Crippen molar-refractivity contribution in [3.05, 3.63) is 56.0 Å². The third kappa shape index (κ3) is 2.50. The van der Waals surface area contributed by atoms with Crippen molar-refractivity contribution in [2.45, 2.75) is 0 Å². The summed E-state index contributed by atoms with van der Waals surface area (Å²) in [5, 5.41) is 3.10. The second kappa shape index (κ2) is 5.97. The van der Waals surface area contributed by atoms with Crippen LogP contribution >= 0.6 is 11.3 Å². The summed E-state index contributed by atoms with van der Waals surface area (Å²) in [5.74, 6) is 0.172. The lowest BCUT2D eigenvalue weighted by atomic mass is 10.3. The van der Waals surface area contributed by atoms with Crippen molar-refractivity contribution in [2.24, 2.45) is 14.1 Å². The van der Waals surface area contributed by atoms with Crippen molar-refractivity contribution in [3.63, 3.8) is 0 Å². The van der Waals surface area contributed by atoms with Gasteiger partial charge in [0.2, 0.25) is 0 Å². The topological polar surface area (TPSA) is 82.3 Å². The van der Waals surface area contributed by atoms with E-state index in [-0.39, 0.29) is 5.91 Å². The molecule has 2 heterocycles. The zero-order chi connectivity index (χ0) is 17.4. The summed E-state index contributed by atoms with van der Waals surface area (Å²) in [6.07, 6.45) is 0. The van der Waals surface area contributed by atoms with Crippen LogP contribution in [0.3, 0.4) is 0 Å². The van der Waals surface area contributed by atoms with Crippen molar-refractivity contribution in [1.82, 2.24) is 9.13 Å². The van der Waals surface area contributed by atoms with Crippen molar-refractivity contribution >= 4 is 33.1 Å². The molecule has 0 bridgehead atoms. The number of para-hydroxylation sites is 2. The number of aromatic nitrogens is 2. The number of fused-ring (bicyclic) bond motifs is 1. The molecule has 0 aliphatic carbocycles. The molecule has 0 aliphatic heterocycles. The summed E-state index contributed by atoms with van der Waals surface area (Å²) in [7, 11) is 4.50. The number of nitrogens with one attached hydrogen (secondary N) is 1. The summed E-state index contributed by atoms with van der Waals surface area (Å²) in [5.41, 5.74) is -0.309. The smallest absolute Gasteiger partial charge is 0.331 e. The fourth-order valence-electron chi connectivity index (χ4n) is 2.41. The highest BCUT2D eigenvalue weighted by atomic mass is 32.1. The number of thiophene rings is 1. The maximum atomic E-state index is 12.5. The highest BCUT2D eigenvalue weighted by Crippen LogP contribution is 2.26. The molecular weight excluding hydrogens is 330 g/mol. The number of hydrogen-bond acceptors (Lipinski definition) is 5. The van der Waals surface area contributed by atoms with Crippen molar-refractivity contribution in [3.8, 4) is 5.75 Å². The Morgan fingerprint density at radius 1 is 1.17 bits per heavy atom. The summed E-state index contributed by atoms with van der Waals surface area (Å²) in [6, 6.07) is 8.54. The zero-order valence-corrected chi connectivity index (χ0v) is 14.1. The van der Waals surface area contributed by atoms with E-state index in [0.717, 1.165) is 15.9 Å². The molecule has 1 aromatic carbocycles. The van der Waals surface area contributed by atoms with Gasteiger partial charge in [-0.1, -0.05) is 12.1 Å². The Kier molecular flexibility index (Phi) is 3.98. The van der Waals surface area contributed by atoms with Crippen molar-refractivity contribution < 1.29 is 9.53 Å². The molecule has 2 aromatic heterocycles. The van der Waals surface area contributed by atoms with Crippen molar-refractivity contribution in [2.75, 3.05) is 12.4 Å². The van der Waals surface area contributed by atoms with E-state index in [1.165, 1.54) is 24.8 Å². The number of carbonyl (C=O) groups is 1. The highest BCUT2D eigenvalue weighted by molar-refractivity contribution is 7.20. The molecule has 0 spiro atoms. The Bertz CT molecular complexity index is 1060. The number of hydrogen-bond donors (Lipinski definition) is 1. The van der Waals surface area contributed by atoms with E-state index in [2.05, 4.69) is 5.32 Å². The van der Waals surface area contributed by atoms with Gasteiger partial charge in [-0.15, -0.1) is 11.3 Å². The first kappa shape index (κ1) is 16.0. The summed E-state index contributed by atoms with van der Waals surface area (Å²) >= 11 is 1.10. The van der Waals surface area contributed by atoms with Gasteiger partial charge in [0, 0.05) is 14.1 Å². The van der Waals surface area contributed by atoms with E-state index in [1.807, 2.05) is 0 Å². The zero-order valence-electron chi connectivity index (χ0n) is 13.3. The number of aryl methyl sites for hydroxylation is 1. The van der Waals surface area contributed by atoms with Crippen LogP contribution in [0.5, 0.6) is 5.75 Å². The normalized spacial score (nSPS) is 10.8. The van der Waals surface area contributed by atoms with E-state index < -0.39 is 11.2 Å². The first-order valence-electron chi connectivity index (χ1n) is 7.08. The Labute approximate surface area is 140 Å². The molecule has 3 rings (SSSR count). The first-order chi connectivity index (χ1) is 11.4. The lowest BCUT2D eigenvalue weighted by Crippen LogP contribution is -2.36. The molecule has 0 fully saturated rings. The van der Waals surface area contributed by atoms with Crippen LogP contribution < -0.4 is 21.3 Å². The molecule has 0 aliphatic rings. The summed E-state index contributed by atoms with van der Waals surface area (Å²) < 4.78 is 7.59. The van der Waals surface area contributed by atoms with Crippen LogP contribution in [0.25, 0.3) is 10.2 Å². The molecule has 24 heavy (non-hydrogen) atoms. The van der Waals surface area contributed by atoms with Crippen LogP contribution in [0, 0.1) is 0 Å². The van der Waals surface area contributed by atoms with Gasteiger partial charge in [0.05, 0.1) is 23.1 Å². The van der Waals surface area contributed by atoms with Gasteiger partial charge in [0.1, 0.15) is 10.6 Å². The van der Waals surface area contributed by atoms with Gasteiger partial charge in [-0.05, 0) is 18.2 Å². The standard InChI is InChI=1S/C16H15N3O4S/c1-18-14(21)9-8-12(24-15(9)19(2)16(18)22)13(20)17-10-6-4-5-7-11(10)23-3/h4-8H,1-3H3,(H,17,20). The van der Waals surface area contributed by atoms with E-state index >= 15 is 0 Å². The molecule has 0 saturated heterocycles. The van der Waals surface area contributed by atoms with Crippen LogP contribution in [0.4, 0.5) is 5.69 Å². The van der Waals surface area contributed by atoms with Crippen LogP contribution in [-0.2, 0) is 14.1 Å². The van der Waals surface area contributed by atoms with Gasteiger partial charge in [0.15, 0.2) is 0 Å². The highest BCUT2D eigenvalue weighted by Gasteiger charge is 2.17. The largest absolute Gasteiger partial charge is 0.495 e. The van der Waals surface area contributed by atoms with Crippen LogP contribution in [-0.4, -0.2) is 22.2 Å². The van der Waals surface area contributed by atoms with E-state index in [4.69, 9.17) is 4.74 Å². The molecule has 1 N–H and O–H groups in total. The predicted molar refractivity (Wildman–Crippen MR) is 93.3 cm³/mol. The van der Waals surface area contributed by atoms with Crippen LogP contribution in [0.2, 0.25) is 0 Å². The minimum atomic E-state index is -0.425. The Morgan fingerprint density at radius 3 is 2.58 bits per heavy atom. The molecule has 0 radical (unpaired) electrons. The maximum absolute atomic E-state index is 12.5. The third-order valence-electron chi connectivity index (χ3n) is 3.70. The Balaban J connectivity index is 2.06. The maximum Gasteiger partial charge on any atom is 0.331 e. The number of ether oxygens (including phenoxy) is 1. The minimum absolute atomic E-state index is 0.342. The Hall–Kier alpha value is -2.87. The Morgan fingerprint density at radius 2 is 1.88 bits per heavy atom. The number of amides is 1. The molecule has 1 amide bonds. The number of methoxy groups -OCH3 is 1. The number of nitrogens with zero attached hydrogens (tertiary/aromatic N) is 2. The quantitative estimate of drug-likeness (QED) is 0.781. The average molecular weight is 345 g/mol.